The number of aliphatic imine (C=N–C) groups is 1. The van der Waals surface area contributed by atoms with Gasteiger partial charge in [-0.2, -0.15) is 4.99 Å². The first-order valence-corrected chi connectivity index (χ1v) is 10.1. The molecule has 0 spiro atoms. The molecule has 2 fully saturated rings. The van der Waals surface area contributed by atoms with Crippen molar-refractivity contribution in [2.75, 3.05) is 23.0 Å². The summed E-state index contributed by atoms with van der Waals surface area (Å²) in [6.45, 7) is 3.79. The Morgan fingerprint density at radius 2 is 2.13 bits per heavy atom. The highest BCUT2D eigenvalue weighted by molar-refractivity contribution is 8.16. The minimum absolute atomic E-state index is 0.0715. The number of para-hydroxylation sites is 2. The first kappa shape index (κ1) is 16.3. The van der Waals surface area contributed by atoms with Gasteiger partial charge in [0.15, 0.2) is 15.0 Å². The lowest BCUT2D eigenvalue weighted by Crippen LogP contribution is -2.38. The molecule has 2 atom stereocenters. The van der Waals surface area contributed by atoms with Crippen LogP contribution in [-0.4, -0.2) is 48.9 Å². The van der Waals surface area contributed by atoms with E-state index < -0.39 is 9.84 Å². The van der Waals surface area contributed by atoms with Crippen LogP contribution in [0.2, 0.25) is 0 Å². The summed E-state index contributed by atoms with van der Waals surface area (Å²) in [4.78, 5) is 17.4. The lowest BCUT2D eigenvalue weighted by Gasteiger charge is -2.26. The van der Waals surface area contributed by atoms with Gasteiger partial charge in [0.25, 0.3) is 0 Å². The number of hydrogen-bond acceptors (Lipinski definition) is 5. The van der Waals surface area contributed by atoms with Crippen LogP contribution in [0.15, 0.2) is 29.3 Å². The van der Waals surface area contributed by atoms with Gasteiger partial charge in [0.2, 0.25) is 5.91 Å². The molecule has 2 heterocycles. The third-order valence-electron chi connectivity index (χ3n) is 3.74. The van der Waals surface area contributed by atoms with E-state index in [1.807, 2.05) is 36.1 Å². The van der Waals surface area contributed by atoms with E-state index in [0.29, 0.717) is 17.5 Å². The van der Waals surface area contributed by atoms with E-state index in [1.165, 1.54) is 18.7 Å². The molecule has 0 radical (unpaired) electrons. The maximum atomic E-state index is 12.0. The molecule has 0 N–H and O–H groups in total. The molecule has 8 heteroatoms. The molecule has 1 aromatic carbocycles. The number of thioether (sulfide) groups is 1. The number of amidine groups is 1. The van der Waals surface area contributed by atoms with Gasteiger partial charge >= 0.3 is 0 Å². The van der Waals surface area contributed by atoms with Crippen molar-refractivity contribution in [2.24, 2.45) is 4.99 Å². The van der Waals surface area contributed by atoms with Crippen molar-refractivity contribution >= 4 is 38.4 Å². The van der Waals surface area contributed by atoms with E-state index in [9.17, 15) is 13.2 Å². The molecule has 0 unspecified atom stereocenters. The Balaban J connectivity index is 2.07. The quantitative estimate of drug-likeness (QED) is 0.822. The second kappa shape index (κ2) is 6.16. The van der Waals surface area contributed by atoms with Crippen LogP contribution in [0.3, 0.4) is 0 Å². The van der Waals surface area contributed by atoms with Crippen LogP contribution in [-0.2, 0) is 14.6 Å². The third kappa shape index (κ3) is 3.23. The summed E-state index contributed by atoms with van der Waals surface area (Å²) < 4.78 is 29.6. The van der Waals surface area contributed by atoms with Gasteiger partial charge in [0.05, 0.1) is 29.8 Å². The standard InChI is InChI=1S/C15H18N2O4S2/c1-3-21-13-7-5-4-6-11(13)17-12-8-23(19,20)9-14(12)22-15(17)16-10(2)18/h4-7,12,14H,3,8-9H2,1-2H3/t12-,14+/m1/s1. The summed E-state index contributed by atoms with van der Waals surface area (Å²) in [7, 11) is -3.07. The van der Waals surface area contributed by atoms with Gasteiger partial charge in [-0.05, 0) is 19.1 Å². The van der Waals surface area contributed by atoms with Gasteiger partial charge < -0.3 is 9.64 Å². The zero-order valence-corrected chi connectivity index (χ0v) is 14.6. The molecule has 2 aliphatic heterocycles. The van der Waals surface area contributed by atoms with Crippen LogP contribution in [0.5, 0.6) is 5.75 Å². The summed E-state index contributed by atoms with van der Waals surface area (Å²) in [5, 5.41) is 0.447. The largest absolute Gasteiger partial charge is 0.492 e. The van der Waals surface area contributed by atoms with E-state index in [2.05, 4.69) is 4.99 Å². The number of anilines is 1. The first-order valence-electron chi connectivity index (χ1n) is 7.38. The Labute approximate surface area is 139 Å². The van der Waals surface area contributed by atoms with Crippen molar-refractivity contribution < 1.29 is 17.9 Å². The molecular formula is C15H18N2O4S2. The molecule has 2 saturated heterocycles. The Morgan fingerprint density at radius 3 is 2.83 bits per heavy atom. The minimum Gasteiger partial charge on any atom is -0.492 e. The number of sulfone groups is 1. The fourth-order valence-corrected chi connectivity index (χ4v) is 6.87. The van der Waals surface area contributed by atoms with Crippen LogP contribution in [0.4, 0.5) is 5.69 Å². The van der Waals surface area contributed by atoms with E-state index in [4.69, 9.17) is 4.74 Å². The number of nitrogens with zero attached hydrogens (tertiary/aromatic N) is 2. The molecular weight excluding hydrogens is 336 g/mol. The predicted octanol–water partition coefficient (Wildman–Crippen LogP) is 1.71. The maximum absolute atomic E-state index is 12.0. The monoisotopic (exact) mass is 354 g/mol. The zero-order chi connectivity index (χ0) is 16.6. The van der Waals surface area contributed by atoms with Crippen molar-refractivity contribution in [3.63, 3.8) is 0 Å². The van der Waals surface area contributed by atoms with E-state index >= 15 is 0 Å². The van der Waals surface area contributed by atoms with Crippen LogP contribution >= 0.6 is 11.8 Å². The van der Waals surface area contributed by atoms with Gasteiger partial charge in [-0.3, -0.25) is 4.79 Å². The molecule has 3 rings (SSSR count). The Bertz CT molecular complexity index is 760. The first-order chi connectivity index (χ1) is 10.9. The molecule has 0 aliphatic carbocycles. The van der Waals surface area contributed by atoms with Gasteiger partial charge in [-0.25, -0.2) is 8.42 Å². The number of benzene rings is 1. The average molecular weight is 354 g/mol. The van der Waals surface area contributed by atoms with Crippen molar-refractivity contribution in [1.29, 1.82) is 0 Å². The number of fused-ring (bicyclic) bond motifs is 1. The van der Waals surface area contributed by atoms with E-state index in [1.54, 1.807) is 0 Å². The number of rotatable bonds is 3. The Hall–Kier alpha value is -1.54. The summed E-state index contributed by atoms with van der Waals surface area (Å²) in [6, 6.07) is 7.22. The summed E-state index contributed by atoms with van der Waals surface area (Å²) in [6.07, 6.45) is 0. The second-order valence-corrected chi connectivity index (χ2v) is 8.84. The van der Waals surface area contributed by atoms with Crippen molar-refractivity contribution in [3.05, 3.63) is 24.3 Å². The van der Waals surface area contributed by atoms with E-state index in [0.717, 1.165) is 5.69 Å². The van der Waals surface area contributed by atoms with E-state index in [-0.39, 0.29) is 28.7 Å². The second-order valence-electron chi connectivity index (χ2n) is 5.48. The van der Waals surface area contributed by atoms with Gasteiger partial charge in [-0.1, -0.05) is 23.9 Å². The van der Waals surface area contributed by atoms with Crippen molar-refractivity contribution in [2.45, 2.75) is 25.1 Å². The number of amides is 1. The number of hydrogen-bond donors (Lipinski definition) is 0. The molecule has 6 nitrogen and oxygen atoms in total. The van der Waals surface area contributed by atoms with Gasteiger partial charge in [0, 0.05) is 12.2 Å². The summed E-state index contributed by atoms with van der Waals surface area (Å²) >= 11 is 1.36. The molecule has 23 heavy (non-hydrogen) atoms. The highest BCUT2D eigenvalue weighted by Gasteiger charge is 2.49. The smallest absolute Gasteiger partial charge is 0.244 e. The van der Waals surface area contributed by atoms with Crippen molar-refractivity contribution in [3.8, 4) is 5.75 Å². The lowest BCUT2D eigenvalue weighted by molar-refractivity contribution is -0.115. The number of carbonyl (C=O) groups excluding carboxylic acids is 1. The van der Waals surface area contributed by atoms with Crippen LogP contribution < -0.4 is 9.64 Å². The maximum Gasteiger partial charge on any atom is 0.244 e. The summed E-state index contributed by atoms with van der Waals surface area (Å²) in [5.74, 6) is 0.556. The topological polar surface area (TPSA) is 76.0 Å². The Kier molecular flexibility index (Phi) is 4.37. The molecule has 0 bridgehead atoms. The summed E-state index contributed by atoms with van der Waals surface area (Å²) in [5.41, 5.74) is 0.756. The third-order valence-corrected chi connectivity index (χ3v) is 6.95. The molecule has 1 aromatic rings. The lowest BCUT2D eigenvalue weighted by atomic mass is 10.2. The van der Waals surface area contributed by atoms with Crippen LogP contribution in [0.1, 0.15) is 13.8 Å². The molecule has 0 aromatic heterocycles. The average Bonchev–Trinajstić information content (AvgIpc) is 2.90. The molecule has 124 valence electrons. The molecule has 1 amide bonds. The number of ether oxygens (including phenoxy) is 1. The minimum atomic E-state index is -3.07. The SMILES string of the molecule is CCOc1ccccc1N1C(=NC(C)=O)S[C@H]2CS(=O)(=O)C[C@H]21. The van der Waals surface area contributed by atoms with Crippen molar-refractivity contribution in [1.82, 2.24) is 0 Å². The highest BCUT2D eigenvalue weighted by atomic mass is 32.2. The highest BCUT2D eigenvalue weighted by Crippen LogP contribution is 2.43. The zero-order valence-electron chi connectivity index (χ0n) is 12.9. The molecule has 2 aliphatic rings. The normalized spacial score (nSPS) is 27.2. The predicted molar refractivity (Wildman–Crippen MR) is 92.0 cm³/mol. The molecule has 0 saturated carbocycles. The number of carbonyl (C=O) groups is 1. The van der Waals surface area contributed by atoms with Crippen LogP contribution in [0, 0.1) is 0 Å². The van der Waals surface area contributed by atoms with Gasteiger partial charge in [-0.15, -0.1) is 0 Å². The fourth-order valence-electron chi connectivity index (χ4n) is 2.91. The van der Waals surface area contributed by atoms with Crippen LogP contribution in [0.25, 0.3) is 0 Å². The fraction of sp³-hybridized carbons (Fsp3) is 0.467. The Morgan fingerprint density at radius 1 is 1.39 bits per heavy atom. The van der Waals surface area contributed by atoms with Gasteiger partial charge in [0.1, 0.15) is 5.75 Å².